The van der Waals surface area contributed by atoms with Gasteiger partial charge < -0.3 is 10.8 Å². The molecule has 0 fully saturated rings. The van der Waals surface area contributed by atoms with Crippen LogP contribution in [0, 0.1) is 0 Å². The average molecular weight is 135 g/mol. The standard InChI is InChI=1S/C2H5N3O4/c3-1(6)4-5(9)2(7)8/h9H,(H,7,8)(H3,3,4,6). The molecular weight excluding hydrogens is 130 g/mol. The average Bonchev–Trinajstić information content (AvgIpc) is 1.63. The van der Waals surface area contributed by atoms with Gasteiger partial charge in [-0.05, 0) is 0 Å². The topological polar surface area (TPSA) is 116 Å². The minimum absolute atomic E-state index is 0.442. The summed E-state index contributed by atoms with van der Waals surface area (Å²) in [6, 6.07) is -1.15. The van der Waals surface area contributed by atoms with Gasteiger partial charge in [0.2, 0.25) is 0 Å². The second kappa shape index (κ2) is 2.72. The number of rotatable bonds is 0. The van der Waals surface area contributed by atoms with Gasteiger partial charge in [-0.15, -0.1) is 0 Å². The Balaban J connectivity index is 3.63. The Morgan fingerprint density at radius 3 is 2.11 bits per heavy atom. The molecule has 0 rings (SSSR count). The van der Waals surface area contributed by atoms with Crippen molar-refractivity contribution < 1.29 is 19.9 Å². The molecule has 5 N–H and O–H groups in total. The molecule has 0 aromatic carbocycles. The molecule has 0 aromatic rings. The summed E-state index contributed by atoms with van der Waals surface area (Å²) in [6.07, 6.45) is -1.71. The lowest BCUT2D eigenvalue weighted by Crippen LogP contribution is -2.45. The lowest BCUT2D eigenvalue weighted by molar-refractivity contribution is -0.0916. The van der Waals surface area contributed by atoms with Crippen molar-refractivity contribution in [2.24, 2.45) is 5.73 Å². The molecule has 7 heteroatoms. The summed E-state index contributed by atoms with van der Waals surface area (Å²) in [5.74, 6) is 0. The van der Waals surface area contributed by atoms with Crippen LogP contribution in [0.3, 0.4) is 0 Å². The lowest BCUT2D eigenvalue weighted by atomic mass is 11.1. The van der Waals surface area contributed by atoms with E-state index in [2.05, 4.69) is 5.73 Å². The van der Waals surface area contributed by atoms with E-state index < -0.39 is 17.3 Å². The first-order valence-electron chi connectivity index (χ1n) is 1.82. The van der Waals surface area contributed by atoms with E-state index in [-0.39, 0.29) is 0 Å². The van der Waals surface area contributed by atoms with E-state index in [1.807, 2.05) is 0 Å². The van der Waals surface area contributed by atoms with E-state index in [1.165, 1.54) is 5.43 Å². The second-order valence-corrected chi connectivity index (χ2v) is 1.07. The van der Waals surface area contributed by atoms with E-state index in [0.29, 0.717) is 0 Å². The smallest absolute Gasteiger partial charge is 0.451 e. The maximum atomic E-state index is 9.76. The maximum Gasteiger partial charge on any atom is 0.451 e. The molecule has 0 aliphatic heterocycles. The molecular formula is C2H5N3O4. The Labute approximate surface area is 49.6 Å². The molecule has 7 nitrogen and oxygen atoms in total. The van der Waals surface area contributed by atoms with Crippen LogP contribution in [0.4, 0.5) is 9.59 Å². The molecule has 0 spiro atoms. The van der Waals surface area contributed by atoms with Gasteiger partial charge in [0.25, 0.3) is 0 Å². The van der Waals surface area contributed by atoms with Crippen molar-refractivity contribution in [3.8, 4) is 0 Å². The molecule has 52 valence electrons. The first-order valence-corrected chi connectivity index (χ1v) is 1.82. The number of nitrogens with two attached hydrogens (primary N) is 1. The molecule has 0 radical (unpaired) electrons. The highest BCUT2D eigenvalue weighted by Crippen LogP contribution is 1.72. The highest BCUT2D eigenvalue weighted by atomic mass is 16.6. The van der Waals surface area contributed by atoms with Crippen LogP contribution < -0.4 is 11.2 Å². The third-order valence-electron chi connectivity index (χ3n) is 0.397. The Hall–Kier alpha value is -1.50. The number of carbonyl (C=O) groups is 2. The highest BCUT2D eigenvalue weighted by molar-refractivity contribution is 5.74. The molecule has 0 aliphatic rings. The number of amides is 3. The summed E-state index contributed by atoms with van der Waals surface area (Å²) in [5.41, 5.74) is 5.79. The van der Waals surface area contributed by atoms with Crippen LogP contribution in [0.15, 0.2) is 0 Å². The fourth-order valence-electron chi connectivity index (χ4n) is 0.152. The lowest BCUT2D eigenvalue weighted by Gasteiger charge is -2.07. The van der Waals surface area contributed by atoms with Crippen molar-refractivity contribution in [3.05, 3.63) is 0 Å². The van der Waals surface area contributed by atoms with Crippen molar-refractivity contribution in [1.82, 2.24) is 10.6 Å². The van der Waals surface area contributed by atoms with Gasteiger partial charge in [0, 0.05) is 0 Å². The summed E-state index contributed by atoms with van der Waals surface area (Å²) in [5, 5.41) is 15.5. The third kappa shape index (κ3) is 3.12. The third-order valence-corrected chi connectivity index (χ3v) is 0.397. The molecule has 3 amide bonds. The van der Waals surface area contributed by atoms with Crippen molar-refractivity contribution in [2.75, 3.05) is 0 Å². The predicted molar refractivity (Wildman–Crippen MR) is 24.4 cm³/mol. The van der Waals surface area contributed by atoms with Gasteiger partial charge >= 0.3 is 12.1 Å². The summed E-state index contributed by atoms with van der Waals surface area (Å²) in [6.45, 7) is 0. The molecule has 0 heterocycles. The van der Waals surface area contributed by atoms with Gasteiger partial charge in [-0.25, -0.2) is 15.0 Å². The number of urea groups is 1. The summed E-state index contributed by atoms with van der Waals surface area (Å²) >= 11 is 0. The normalized spacial score (nSPS) is 8.11. The number of carboxylic acid groups (broad SMARTS) is 1. The monoisotopic (exact) mass is 135 g/mol. The van der Waals surface area contributed by atoms with E-state index in [0.717, 1.165) is 0 Å². The van der Waals surface area contributed by atoms with Crippen molar-refractivity contribution >= 4 is 12.1 Å². The van der Waals surface area contributed by atoms with Crippen molar-refractivity contribution in [3.63, 3.8) is 0 Å². The minimum Gasteiger partial charge on any atom is -0.462 e. The number of hydrogen-bond donors (Lipinski definition) is 4. The molecule has 9 heavy (non-hydrogen) atoms. The molecule has 0 aromatic heterocycles. The van der Waals surface area contributed by atoms with Crippen LogP contribution in [-0.2, 0) is 0 Å². The van der Waals surface area contributed by atoms with Gasteiger partial charge in [-0.3, -0.25) is 5.21 Å². The van der Waals surface area contributed by atoms with E-state index in [1.54, 1.807) is 0 Å². The molecule has 0 unspecified atom stereocenters. The van der Waals surface area contributed by atoms with Crippen molar-refractivity contribution in [1.29, 1.82) is 0 Å². The molecule has 0 atom stereocenters. The Morgan fingerprint density at radius 1 is 1.56 bits per heavy atom. The van der Waals surface area contributed by atoms with Gasteiger partial charge in [0.15, 0.2) is 0 Å². The maximum absolute atomic E-state index is 9.76. The predicted octanol–water partition coefficient (Wildman–Crippen LogP) is -1.06. The molecule has 0 saturated heterocycles. The van der Waals surface area contributed by atoms with E-state index >= 15 is 0 Å². The Bertz CT molecular complexity index is 134. The number of primary amides is 1. The number of hydrazine groups is 1. The summed E-state index contributed by atoms with van der Waals surface area (Å²) in [7, 11) is 0. The SMILES string of the molecule is NC(=O)NN(O)C(=O)O. The fraction of sp³-hybridized carbons (Fsp3) is 0. The first-order chi connectivity index (χ1) is 4.04. The van der Waals surface area contributed by atoms with Crippen LogP contribution >= 0.6 is 0 Å². The van der Waals surface area contributed by atoms with Gasteiger partial charge in [0.1, 0.15) is 0 Å². The zero-order valence-corrected chi connectivity index (χ0v) is 4.24. The fourth-order valence-corrected chi connectivity index (χ4v) is 0.152. The number of hydroxylamine groups is 1. The van der Waals surface area contributed by atoms with Gasteiger partial charge in [-0.2, -0.15) is 0 Å². The number of nitrogens with one attached hydrogen (secondary N) is 1. The molecule has 0 bridgehead atoms. The van der Waals surface area contributed by atoms with Crippen LogP contribution in [0.25, 0.3) is 0 Å². The quantitative estimate of drug-likeness (QED) is 0.250. The number of nitrogens with zero attached hydrogens (tertiary/aromatic N) is 1. The number of carbonyl (C=O) groups excluding carboxylic acids is 1. The second-order valence-electron chi connectivity index (χ2n) is 1.07. The first kappa shape index (κ1) is 7.50. The van der Waals surface area contributed by atoms with E-state index in [4.69, 9.17) is 10.3 Å². The number of hydrogen-bond acceptors (Lipinski definition) is 3. The van der Waals surface area contributed by atoms with Crippen LogP contribution in [0.5, 0.6) is 0 Å². The van der Waals surface area contributed by atoms with Crippen LogP contribution in [-0.4, -0.2) is 27.6 Å². The van der Waals surface area contributed by atoms with Gasteiger partial charge in [0.05, 0.1) is 0 Å². The van der Waals surface area contributed by atoms with Crippen molar-refractivity contribution in [2.45, 2.75) is 0 Å². The Morgan fingerprint density at radius 2 is 2.00 bits per heavy atom. The van der Waals surface area contributed by atoms with Gasteiger partial charge in [-0.1, -0.05) is 5.17 Å². The summed E-state index contributed by atoms with van der Waals surface area (Å²) < 4.78 is 0. The highest BCUT2D eigenvalue weighted by Gasteiger charge is 2.07. The largest absolute Gasteiger partial charge is 0.462 e. The molecule has 0 aliphatic carbocycles. The zero-order valence-electron chi connectivity index (χ0n) is 4.24. The zero-order chi connectivity index (χ0) is 7.44. The van der Waals surface area contributed by atoms with Crippen LogP contribution in [0.2, 0.25) is 0 Å². The van der Waals surface area contributed by atoms with E-state index in [9.17, 15) is 9.59 Å². The summed E-state index contributed by atoms with van der Waals surface area (Å²) in [4.78, 5) is 19.4. The Kier molecular flexibility index (Phi) is 2.27. The van der Waals surface area contributed by atoms with Crippen LogP contribution in [0.1, 0.15) is 0 Å². The molecule has 0 saturated carbocycles. The minimum atomic E-state index is -1.71.